The molecule has 0 aliphatic heterocycles. The quantitative estimate of drug-likeness (QED) is 0.565. The highest BCUT2D eigenvalue weighted by atomic mass is 14.8. The molecule has 2 aliphatic carbocycles. The summed E-state index contributed by atoms with van der Waals surface area (Å²) in [4.78, 5) is 15.0. The zero-order valence-corrected chi connectivity index (χ0v) is 14.2. The van der Waals surface area contributed by atoms with Crippen LogP contribution in [-0.4, -0.2) is 22.8 Å². The maximum Gasteiger partial charge on any atom is 0.206 e. The van der Waals surface area contributed by atoms with Crippen molar-refractivity contribution in [3.63, 3.8) is 0 Å². The molecular weight excluding hydrogens is 340 g/mol. The molecule has 0 saturated carbocycles. The van der Waals surface area contributed by atoms with Crippen molar-refractivity contribution in [2.45, 2.75) is 19.3 Å². The molecule has 0 N–H and O–H groups in total. The second-order valence-corrected chi connectivity index (χ2v) is 5.33. The van der Waals surface area contributed by atoms with Crippen molar-refractivity contribution in [2.24, 2.45) is 20.0 Å². The van der Waals surface area contributed by atoms with Crippen LogP contribution in [0.5, 0.6) is 0 Å². The number of rotatable bonds is 4. The van der Waals surface area contributed by atoms with Crippen LogP contribution in [0, 0.1) is 45.8 Å². The zero-order chi connectivity index (χ0) is 19.5. The highest BCUT2D eigenvalue weighted by molar-refractivity contribution is 6.22. The Kier molecular flexibility index (Phi) is 6.86. The molecule has 0 heterocycles. The van der Waals surface area contributed by atoms with E-state index in [0.717, 1.165) is 11.1 Å². The van der Waals surface area contributed by atoms with Crippen LogP contribution in [0.4, 0.5) is 0 Å². The van der Waals surface area contributed by atoms with Gasteiger partial charge in [-0.3, -0.25) is 0 Å². The van der Waals surface area contributed by atoms with Crippen LogP contribution in [0.1, 0.15) is 19.3 Å². The smallest absolute Gasteiger partial charge is 0.174 e. The fourth-order valence-electron chi connectivity index (χ4n) is 2.59. The van der Waals surface area contributed by atoms with Crippen LogP contribution in [0.2, 0.25) is 0 Å². The molecule has 27 heavy (non-hydrogen) atoms. The van der Waals surface area contributed by atoms with Crippen molar-refractivity contribution in [3.05, 3.63) is 47.6 Å². The lowest BCUT2D eigenvalue weighted by molar-refractivity contribution is 0.839. The van der Waals surface area contributed by atoms with Crippen LogP contribution >= 0.6 is 0 Å². The predicted octanol–water partition coefficient (Wildman–Crippen LogP) is 2.84. The predicted molar refractivity (Wildman–Crippen MR) is 100 cm³/mol. The molecular formula is C19H12N8. The second kappa shape index (κ2) is 9.79. The summed E-state index contributed by atoms with van der Waals surface area (Å²) in [5, 5.41) is 35.0. The van der Waals surface area contributed by atoms with Crippen LogP contribution in [0.25, 0.3) is 0 Å². The summed E-state index contributed by atoms with van der Waals surface area (Å²) in [5.74, 6) is 0. The Morgan fingerprint density at radius 2 is 1.00 bits per heavy atom. The molecule has 0 bridgehead atoms. The lowest BCUT2D eigenvalue weighted by atomic mass is 9.93. The largest absolute Gasteiger partial charge is 0.206 e. The van der Waals surface area contributed by atoms with Gasteiger partial charge in [0.15, 0.2) is 0 Å². The van der Waals surface area contributed by atoms with Crippen molar-refractivity contribution < 1.29 is 0 Å². The molecule has 8 nitrogen and oxygen atoms in total. The van der Waals surface area contributed by atoms with Crippen molar-refractivity contribution >= 4 is 22.8 Å². The van der Waals surface area contributed by atoms with Gasteiger partial charge in [-0.25, -0.2) is 0 Å². The Morgan fingerprint density at radius 1 is 0.593 bits per heavy atom. The number of hydrogen-bond acceptors (Lipinski definition) is 8. The lowest BCUT2D eigenvalue weighted by Crippen LogP contribution is -2.10. The third-order valence-corrected chi connectivity index (χ3v) is 3.72. The van der Waals surface area contributed by atoms with E-state index in [-0.39, 0.29) is 0 Å². The Morgan fingerprint density at radius 3 is 1.37 bits per heavy atom. The van der Waals surface area contributed by atoms with E-state index in [0.29, 0.717) is 42.1 Å². The fraction of sp³-hybridized carbons (Fsp3) is 0.158. The van der Waals surface area contributed by atoms with Crippen molar-refractivity contribution in [1.82, 2.24) is 0 Å². The van der Waals surface area contributed by atoms with E-state index in [4.69, 9.17) is 21.0 Å². The van der Waals surface area contributed by atoms with Crippen molar-refractivity contribution in [3.8, 4) is 24.8 Å². The van der Waals surface area contributed by atoms with Gasteiger partial charge >= 0.3 is 0 Å². The molecule has 2 aliphatic rings. The second-order valence-electron chi connectivity index (χ2n) is 5.33. The van der Waals surface area contributed by atoms with Gasteiger partial charge in [0.2, 0.25) is 24.8 Å². The number of nitrogens with zero attached hydrogens (tertiary/aromatic N) is 8. The summed E-state index contributed by atoms with van der Waals surface area (Å²) in [6, 6.07) is 0. The maximum atomic E-state index is 8.82. The molecule has 8 heteroatoms. The van der Waals surface area contributed by atoms with Gasteiger partial charge in [0, 0.05) is 0 Å². The van der Waals surface area contributed by atoms with Crippen LogP contribution in [0.3, 0.4) is 0 Å². The minimum Gasteiger partial charge on any atom is -0.174 e. The normalized spacial score (nSPS) is 21.3. The molecule has 0 radical (unpaired) electrons. The topological polar surface area (TPSA) is 145 Å². The van der Waals surface area contributed by atoms with Crippen molar-refractivity contribution in [1.29, 1.82) is 21.0 Å². The average molecular weight is 352 g/mol. The minimum absolute atomic E-state index is 0.499. The molecule has 2 rings (SSSR count). The summed E-state index contributed by atoms with van der Waals surface area (Å²) in [6.07, 6.45) is 18.8. The Hall–Kier alpha value is -4.40. The number of aliphatic imine (C=N–C) groups is 4. The first-order valence-electron chi connectivity index (χ1n) is 7.87. The Bertz CT molecular complexity index is 947. The summed E-state index contributed by atoms with van der Waals surface area (Å²) in [7, 11) is 0. The van der Waals surface area contributed by atoms with E-state index in [9.17, 15) is 0 Å². The molecule has 0 atom stereocenters. The van der Waals surface area contributed by atoms with Gasteiger partial charge in [-0.05, 0) is 66.9 Å². The highest BCUT2D eigenvalue weighted by Gasteiger charge is 2.14. The molecule has 0 unspecified atom stereocenters. The Labute approximate surface area is 156 Å². The lowest BCUT2D eigenvalue weighted by Gasteiger charge is -2.13. The maximum absolute atomic E-state index is 8.82. The monoisotopic (exact) mass is 352 g/mol. The zero-order valence-electron chi connectivity index (χ0n) is 14.2. The first-order chi connectivity index (χ1) is 13.2. The van der Waals surface area contributed by atoms with Gasteiger partial charge in [0.25, 0.3) is 0 Å². The Balaban J connectivity index is 2.15. The van der Waals surface area contributed by atoms with Crippen LogP contribution < -0.4 is 0 Å². The third kappa shape index (κ3) is 5.29. The minimum atomic E-state index is 0.499. The SMILES string of the molecule is N#CN=C1C=CC(=NC#N)C(CCCC2=CC(=NC#N)C=CC2=NC#N)=C1. The van der Waals surface area contributed by atoms with Gasteiger partial charge in [-0.1, -0.05) is 0 Å². The third-order valence-electron chi connectivity index (χ3n) is 3.72. The van der Waals surface area contributed by atoms with Gasteiger partial charge in [0.05, 0.1) is 22.8 Å². The van der Waals surface area contributed by atoms with E-state index >= 15 is 0 Å². The number of hydrogen-bond donors (Lipinski definition) is 0. The summed E-state index contributed by atoms with van der Waals surface area (Å²) < 4.78 is 0. The molecule has 0 amide bonds. The molecule has 128 valence electrons. The van der Waals surface area contributed by atoms with E-state index in [1.54, 1.807) is 61.2 Å². The fourth-order valence-corrected chi connectivity index (χ4v) is 2.59. The van der Waals surface area contributed by atoms with Crippen LogP contribution in [-0.2, 0) is 0 Å². The molecule has 0 aromatic carbocycles. The van der Waals surface area contributed by atoms with E-state index in [1.165, 1.54) is 0 Å². The molecule has 0 spiro atoms. The highest BCUT2D eigenvalue weighted by Crippen LogP contribution is 2.20. The number of nitriles is 4. The average Bonchev–Trinajstić information content (AvgIpc) is 2.66. The summed E-state index contributed by atoms with van der Waals surface area (Å²) in [5.41, 5.74) is 3.65. The van der Waals surface area contributed by atoms with E-state index in [2.05, 4.69) is 20.0 Å². The molecule has 0 aromatic rings. The van der Waals surface area contributed by atoms with Crippen LogP contribution in [0.15, 0.2) is 67.6 Å². The molecule has 0 saturated heterocycles. The van der Waals surface area contributed by atoms with E-state index < -0.39 is 0 Å². The van der Waals surface area contributed by atoms with Gasteiger partial charge in [-0.15, -0.1) is 0 Å². The number of allylic oxidation sites excluding steroid dienone is 8. The van der Waals surface area contributed by atoms with Crippen molar-refractivity contribution in [2.75, 3.05) is 0 Å². The van der Waals surface area contributed by atoms with Gasteiger partial charge in [-0.2, -0.15) is 41.0 Å². The van der Waals surface area contributed by atoms with Gasteiger partial charge in [0.1, 0.15) is 0 Å². The summed E-state index contributed by atoms with van der Waals surface area (Å²) >= 11 is 0. The standard InChI is InChI=1S/C19H12N8/c20-10-24-16-4-6-18(26-12-22)14(8-16)2-1-3-15-9-17(25-11-21)5-7-19(15)27-13-23/h4-9H,1-3H2. The van der Waals surface area contributed by atoms with Gasteiger partial charge < -0.3 is 0 Å². The first-order valence-corrected chi connectivity index (χ1v) is 7.87. The first kappa shape index (κ1) is 18.9. The summed E-state index contributed by atoms with van der Waals surface area (Å²) in [6.45, 7) is 0. The van der Waals surface area contributed by atoms with E-state index in [1.807, 2.05) is 0 Å². The molecule has 0 aromatic heterocycles. The molecule has 0 fully saturated rings.